The molecule has 2 atom stereocenters. The van der Waals surface area contributed by atoms with Gasteiger partial charge in [0, 0.05) is 16.1 Å². The topological polar surface area (TPSA) is 85.7 Å². The predicted molar refractivity (Wildman–Crippen MR) is 142 cm³/mol. The Bertz CT molecular complexity index is 1650. The Morgan fingerprint density at radius 2 is 1.38 bits per heavy atom. The average molecular weight is 555 g/mol. The molecule has 10 heteroatoms. The van der Waals surface area contributed by atoms with Crippen LogP contribution in [0.2, 0.25) is 10.0 Å². The van der Waals surface area contributed by atoms with Crippen LogP contribution in [0.3, 0.4) is 0 Å². The average Bonchev–Trinajstić information content (AvgIpc) is 3.26. The highest BCUT2D eigenvalue weighted by molar-refractivity contribution is 7.92. The highest BCUT2D eigenvalue weighted by Crippen LogP contribution is 2.49. The Kier molecular flexibility index (Phi) is 6.58. The van der Waals surface area contributed by atoms with Crippen LogP contribution in [0.15, 0.2) is 101 Å². The third-order valence-corrected chi connectivity index (χ3v) is 8.54. The van der Waals surface area contributed by atoms with Gasteiger partial charge in [-0.1, -0.05) is 59.6 Å². The van der Waals surface area contributed by atoms with Crippen molar-refractivity contribution in [3.05, 3.63) is 128 Å². The van der Waals surface area contributed by atoms with Crippen LogP contribution in [-0.2, 0) is 14.8 Å². The number of anilines is 1. The van der Waals surface area contributed by atoms with E-state index >= 15 is 0 Å². The molecule has 0 aliphatic carbocycles. The normalized spacial score (nSPS) is 16.9. The minimum atomic E-state index is -4.28. The molecule has 188 valence electrons. The number of esters is 1. The summed E-state index contributed by atoms with van der Waals surface area (Å²) in [5.74, 6) is -0.473. The zero-order chi connectivity index (χ0) is 26.3. The minimum Gasteiger partial charge on any atom is -0.465 e. The first-order chi connectivity index (χ1) is 17.7. The van der Waals surface area contributed by atoms with E-state index in [-0.39, 0.29) is 21.8 Å². The van der Waals surface area contributed by atoms with Crippen molar-refractivity contribution >= 4 is 45.0 Å². The van der Waals surface area contributed by atoms with Gasteiger partial charge >= 0.3 is 5.97 Å². The van der Waals surface area contributed by atoms with Crippen LogP contribution >= 0.6 is 23.2 Å². The lowest BCUT2D eigenvalue weighted by Crippen LogP contribution is -2.34. The zero-order valence-corrected chi connectivity index (χ0v) is 21.7. The zero-order valence-electron chi connectivity index (χ0n) is 19.4. The van der Waals surface area contributed by atoms with Crippen LogP contribution in [0.4, 0.5) is 5.82 Å². The quantitative estimate of drug-likeness (QED) is 0.305. The smallest absolute Gasteiger partial charge is 0.337 e. The first kappa shape index (κ1) is 25.1. The molecule has 0 radical (unpaired) electrons. The van der Waals surface area contributed by atoms with E-state index in [1.54, 1.807) is 54.6 Å². The van der Waals surface area contributed by atoms with Gasteiger partial charge in [0.1, 0.15) is 5.82 Å². The van der Waals surface area contributed by atoms with Gasteiger partial charge in [0.25, 0.3) is 15.6 Å². The summed E-state index contributed by atoms with van der Waals surface area (Å²) >= 11 is 12.3. The molecule has 2 unspecified atom stereocenters. The molecule has 5 rings (SSSR count). The van der Waals surface area contributed by atoms with Crippen LogP contribution in [0.5, 0.6) is 0 Å². The summed E-state index contributed by atoms with van der Waals surface area (Å²) in [4.78, 5) is 25.2. The third-order valence-electron chi connectivity index (χ3n) is 6.26. The molecule has 7 nitrogen and oxygen atoms in total. The van der Waals surface area contributed by atoms with E-state index in [1.165, 1.54) is 52.4 Å². The van der Waals surface area contributed by atoms with Crippen molar-refractivity contribution in [3.63, 3.8) is 0 Å². The number of carbonyl (C=O) groups excluding carboxylic acids is 1. The van der Waals surface area contributed by atoms with Crippen molar-refractivity contribution in [3.8, 4) is 0 Å². The summed E-state index contributed by atoms with van der Waals surface area (Å²) in [6.45, 7) is 0. The summed E-state index contributed by atoms with van der Waals surface area (Å²) < 4.78 is 36.0. The highest BCUT2D eigenvalue weighted by atomic mass is 35.5. The first-order valence-electron chi connectivity index (χ1n) is 11.2. The minimum absolute atomic E-state index is 0.0884. The van der Waals surface area contributed by atoms with E-state index in [9.17, 15) is 18.0 Å². The molecule has 1 aliphatic heterocycles. The maximum absolute atomic E-state index is 14.3. The second-order valence-electron chi connectivity index (χ2n) is 8.41. The molecular weight excluding hydrogens is 535 g/mol. The van der Waals surface area contributed by atoms with Crippen molar-refractivity contribution in [2.45, 2.75) is 17.0 Å². The van der Waals surface area contributed by atoms with Crippen LogP contribution in [0, 0.1) is 0 Å². The number of methoxy groups -OCH3 is 1. The summed E-state index contributed by atoms with van der Waals surface area (Å²) in [6, 6.07) is 22.3. The maximum atomic E-state index is 14.3. The second-order valence-corrected chi connectivity index (χ2v) is 11.1. The van der Waals surface area contributed by atoms with Crippen molar-refractivity contribution in [2.75, 3.05) is 11.4 Å². The van der Waals surface area contributed by atoms with Crippen LogP contribution < -0.4 is 9.86 Å². The number of sulfonamides is 1. The largest absolute Gasteiger partial charge is 0.465 e. The number of rotatable bonds is 5. The van der Waals surface area contributed by atoms with Crippen molar-refractivity contribution < 1.29 is 17.9 Å². The number of benzene rings is 3. The van der Waals surface area contributed by atoms with E-state index in [0.717, 1.165) is 0 Å². The molecular formula is C27H20Cl2N2O5S. The lowest BCUT2D eigenvalue weighted by molar-refractivity contribution is 0.0600. The third kappa shape index (κ3) is 4.41. The number of halogens is 2. The summed E-state index contributed by atoms with van der Waals surface area (Å²) in [6.07, 6.45) is 0. The molecule has 0 spiro atoms. The fourth-order valence-electron chi connectivity index (χ4n) is 4.62. The van der Waals surface area contributed by atoms with E-state index in [4.69, 9.17) is 27.9 Å². The van der Waals surface area contributed by atoms with Gasteiger partial charge in [-0.25, -0.2) is 17.5 Å². The monoisotopic (exact) mass is 554 g/mol. The van der Waals surface area contributed by atoms with Crippen molar-refractivity contribution in [2.24, 2.45) is 0 Å². The SMILES string of the molecule is COC(=O)c1cccc(S(=O)(=O)N2c3cccc(=O)n3C(c3ccc(Cl)cc3)C2c2ccc(Cl)cc2)c1. The number of nitrogens with zero attached hydrogens (tertiary/aromatic N) is 2. The van der Waals surface area contributed by atoms with Gasteiger partial charge in [-0.15, -0.1) is 0 Å². The molecule has 0 N–H and O–H groups in total. The molecule has 4 aromatic rings. The second kappa shape index (κ2) is 9.70. The summed E-state index contributed by atoms with van der Waals surface area (Å²) in [5.41, 5.74) is 1.04. The van der Waals surface area contributed by atoms with E-state index in [2.05, 4.69) is 0 Å². The molecule has 0 saturated carbocycles. The van der Waals surface area contributed by atoms with Gasteiger partial charge in [-0.05, 0) is 59.7 Å². The van der Waals surface area contributed by atoms with E-state index in [0.29, 0.717) is 21.2 Å². The number of fused-ring (bicyclic) bond motifs is 1. The molecule has 0 saturated heterocycles. The van der Waals surface area contributed by atoms with E-state index in [1.807, 2.05) is 0 Å². The van der Waals surface area contributed by atoms with Gasteiger partial charge in [0.15, 0.2) is 0 Å². The number of hydrogen-bond donors (Lipinski definition) is 0. The molecule has 3 aromatic carbocycles. The van der Waals surface area contributed by atoms with Gasteiger partial charge in [-0.2, -0.15) is 0 Å². The molecule has 37 heavy (non-hydrogen) atoms. The Balaban J connectivity index is 1.78. The first-order valence-corrected chi connectivity index (χ1v) is 13.4. The number of ether oxygens (including phenoxy) is 1. The number of pyridine rings is 1. The molecule has 1 aliphatic rings. The van der Waals surface area contributed by atoms with Crippen molar-refractivity contribution in [1.29, 1.82) is 0 Å². The van der Waals surface area contributed by atoms with Gasteiger partial charge in [0.05, 0.1) is 29.7 Å². The van der Waals surface area contributed by atoms with Gasteiger partial charge in [0.2, 0.25) is 0 Å². The molecule has 0 bridgehead atoms. The molecule has 2 heterocycles. The lowest BCUT2D eigenvalue weighted by Gasteiger charge is -2.29. The van der Waals surface area contributed by atoms with E-state index < -0.39 is 28.1 Å². The lowest BCUT2D eigenvalue weighted by atomic mass is 9.94. The number of hydrogen-bond acceptors (Lipinski definition) is 5. The Labute approximate surface area is 223 Å². The standard InChI is InChI=1S/C27H20Cl2N2O5S/c1-36-27(33)19-4-2-5-22(16-19)37(34,35)31-23-6-3-7-24(32)30(23)25(17-8-12-20(28)13-9-17)26(31)18-10-14-21(29)15-11-18/h2-16,25-26H,1H3. The number of aromatic nitrogens is 1. The fourth-order valence-corrected chi connectivity index (χ4v) is 6.55. The molecule has 0 fully saturated rings. The maximum Gasteiger partial charge on any atom is 0.337 e. The highest BCUT2D eigenvalue weighted by Gasteiger charge is 2.47. The van der Waals surface area contributed by atoms with Crippen LogP contribution in [0.25, 0.3) is 0 Å². The Morgan fingerprint density at radius 3 is 1.97 bits per heavy atom. The van der Waals surface area contributed by atoms with Crippen LogP contribution in [0.1, 0.15) is 33.6 Å². The Morgan fingerprint density at radius 1 is 0.811 bits per heavy atom. The molecule has 1 aromatic heterocycles. The number of carbonyl (C=O) groups is 1. The Hall–Kier alpha value is -3.59. The van der Waals surface area contributed by atoms with Gasteiger partial charge < -0.3 is 4.74 Å². The van der Waals surface area contributed by atoms with Gasteiger partial charge in [-0.3, -0.25) is 9.36 Å². The predicted octanol–water partition coefficient (Wildman–Crippen LogP) is 5.48. The summed E-state index contributed by atoms with van der Waals surface area (Å²) in [7, 11) is -3.06. The van der Waals surface area contributed by atoms with Crippen LogP contribution in [-0.4, -0.2) is 26.1 Å². The van der Waals surface area contributed by atoms with Crippen molar-refractivity contribution in [1.82, 2.24) is 4.57 Å². The molecule has 0 amide bonds. The fraction of sp³-hybridized carbons (Fsp3) is 0.111. The summed E-state index contributed by atoms with van der Waals surface area (Å²) in [5, 5.41) is 0.995.